The molecular weight excluding hydrogens is 456 g/mol. The van der Waals surface area contributed by atoms with Crippen LogP contribution in [0.15, 0.2) is 0 Å². The lowest BCUT2D eigenvalue weighted by atomic mass is 9.94. The molecular formula is C31H64N6. The van der Waals surface area contributed by atoms with E-state index in [1.807, 2.05) is 0 Å². The standard InChI is InChI=1S/C16H33N3.C15H31N3/c1-13-11-14-7-9-18(5)16(2,17(3)4)19(6)10-8-15(13)12-14;1-15(16(2)3)17(4)10-8-13-6-7-14(12-13)9-11-18(15)5/h13-15H,7-12H2,1-6H3;13-14H,6-12H2,1-5H3. The Bertz CT molecular complexity index is 677. The van der Waals surface area contributed by atoms with E-state index < -0.39 is 0 Å². The fraction of sp³-hybridized carbons (Fsp3) is 1.00. The molecule has 6 unspecified atom stereocenters. The van der Waals surface area contributed by atoms with Crippen LogP contribution >= 0.6 is 0 Å². The van der Waals surface area contributed by atoms with Gasteiger partial charge in [0, 0.05) is 26.2 Å². The first kappa shape index (κ1) is 31.3. The van der Waals surface area contributed by atoms with Crippen LogP contribution in [0.4, 0.5) is 0 Å². The van der Waals surface area contributed by atoms with E-state index in [1.54, 1.807) is 0 Å². The topological polar surface area (TPSA) is 19.4 Å². The summed E-state index contributed by atoms with van der Waals surface area (Å²) >= 11 is 0. The molecule has 4 bridgehead atoms. The Morgan fingerprint density at radius 1 is 0.514 bits per heavy atom. The minimum absolute atomic E-state index is 0.0417. The highest BCUT2D eigenvalue weighted by Gasteiger charge is 2.40. The van der Waals surface area contributed by atoms with Crippen LogP contribution in [0.1, 0.15) is 78.6 Å². The number of fused-ring (bicyclic) bond motifs is 4. The van der Waals surface area contributed by atoms with Gasteiger partial charge in [0.1, 0.15) is 11.6 Å². The largest absolute Gasteiger partial charge is 0.279 e. The summed E-state index contributed by atoms with van der Waals surface area (Å²) in [7, 11) is 17.9. The van der Waals surface area contributed by atoms with Crippen molar-refractivity contribution in [3.05, 3.63) is 0 Å². The third kappa shape index (κ3) is 6.92. The minimum Gasteiger partial charge on any atom is -0.279 e. The normalized spacial score (nSPS) is 41.6. The molecule has 6 atom stereocenters. The maximum Gasteiger partial charge on any atom is 0.127 e. The molecule has 2 saturated heterocycles. The molecule has 6 nitrogen and oxygen atoms in total. The molecule has 4 rings (SSSR count). The molecule has 2 heterocycles. The molecule has 0 spiro atoms. The van der Waals surface area contributed by atoms with E-state index in [9.17, 15) is 0 Å². The molecule has 2 saturated carbocycles. The van der Waals surface area contributed by atoms with Gasteiger partial charge in [-0.3, -0.25) is 29.4 Å². The quantitative estimate of drug-likeness (QED) is 0.515. The SMILES string of the molecule is CC1CC2CCN(C)C(C)(N(C)C)N(C)CCC1C2.CN(C)C1(C)N(C)CCC2CCC(CCN1C)C2. The Kier molecular flexibility index (Phi) is 11.0. The molecule has 2 aliphatic heterocycles. The van der Waals surface area contributed by atoms with Crippen LogP contribution in [0.25, 0.3) is 0 Å². The fourth-order valence-corrected chi connectivity index (χ4v) is 8.10. The average Bonchev–Trinajstić information content (AvgIpc) is 3.46. The average molecular weight is 521 g/mol. The first-order valence-electron chi connectivity index (χ1n) is 15.5. The molecule has 0 radical (unpaired) electrons. The van der Waals surface area contributed by atoms with Crippen LogP contribution in [-0.2, 0) is 0 Å². The molecule has 6 heteroatoms. The first-order chi connectivity index (χ1) is 17.3. The molecule has 0 amide bonds. The maximum atomic E-state index is 2.54. The highest BCUT2D eigenvalue weighted by atomic mass is 15.5. The van der Waals surface area contributed by atoms with Crippen LogP contribution in [-0.4, -0.2) is 124 Å². The molecule has 4 aliphatic rings. The van der Waals surface area contributed by atoms with Crippen LogP contribution in [0.5, 0.6) is 0 Å². The lowest BCUT2D eigenvalue weighted by Gasteiger charge is -2.50. The van der Waals surface area contributed by atoms with Crippen molar-refractivity contribution in [2.45, 2.75) is 90.1 Å². The lowest BCUT2D eigenvalue weighted by Crippen LogP contribution is -2.64. The van der Waals surface area contributed by atoms with Crippen molar-refractivity contribution in [2.75, 3.05) is 82.6 Å². The molecule has 218 valence electrons. The van der Waals surface area contributed by atoms with Crippen molar-refractivity contribution in [3.63, 3.8) is 0 Å². The Hall–Kier alpha value is -0.240. The van der Waals surface area contributed by atoms with Crippen molar-refractivity contribution in [1.82, 2.24) is 29.4 Å². The van der Waals surface area contributed by atoms with E-state index in [1.165, 1.54) is 84.0 Å². The summed E-state index contributed by atoms with van der Waals surface area (Å²) in [6, 6.07) is 0. The van der Waals surface area contributed by atoms with Crippen molar-refractivity contribution in [1.29, 1.82) is 0 Å². The molecule has 2 aliphatic carbocycles. The van der Waals surface area contributed by atoms with Crippen molar-refractivity contribution in [2.24, 2.45) is 29.6 Å². The molecule has 4 fully saturated rings. The van der Waals surface area contributed by atoms with Crippen molar-refractivity contribution in [3.8, 4) is 0 Å². The monoisotopic (exact) mass is 521 g/mol. The number of hydrogen-bond donors (Lipinski definition) is 0. The molecule has 37 heavy (non-hydrogen) atoms. The third-order valence-corrected chi connectivity index (χ3v) is 11.8. The van der Waals surface area contributed by atoms with Gasteiger partial charge in [-0.15, -0.1) is 0 Å². The molecule has 0 aromatic heterocycles. The van der Waals surface area contributed by atoms with Crippen molar-refractivity contribution < 1.29 is 0 Å². The van der Waals surface area contributed by atoms with Crippen LogP contribution < -0.4 is 0 Å². The van der Waals surface area contributed by atoms with Crippen molar-refractivity contribution >= 4 is 0 Å². The second kappa shape index (κ2) is 13.0. The van der Waals surface area contributed by atoms with E-state index in [-0.39, 0.29) is 11.6 Å². The van der Waals surface area contributed by atoms with E-state index in [2.05, 4.69) is 107 Å². The summed E-state index contributed by atoms with van der Waals surface area (Å²) in [5, 5.41) is 0. The van der Waals surface area contributed by atoms with Crippen LogP contribution in [0, 0.1) is 29.6 Å². The fourth-order valence-electron chi connectivity index (χ4n) is 8.10. The van der Waals surface area contributed by atoms with Gasteiger partial charge < -0.3 is 0 Å². The zero-order valence-electron chi connectivity index (χ0n) is 26.8. The predicted octanol–water partition coefficient (Wildman–Crippen LogP) is 4.84. The lowest BCUT2D eigenvalue weighted by molar-refractivity contribution is -0.120. The van der Waals surface area contributed by atoms with Gasteiger partial charge in [0.25, 0.3) is 0 Å². The summed E-state index contributed by atoms with van der Waals surface area (Å²) in [4.78, 5) is 14.9. The molecule has 0 N–H and O–H groups in total. The zero-order chi connectivity index (χ0) is 27.5. The van der Waals surface area contributed by atoms with Gasteiger partial charge in [-0.2, -0.15) is 0 Å². The zero-order valence-corrected chi connectivity index (χ0v) is 26.8. The second-order valence-corrected chi connectivity index (χ2v) is 14.2. The molecule has 0 aromatic rings. The maximum absolute atomic E-state index is 2.54. The van der Waals surface area contributed by atoms with Crippen LogP contribution in [0.3, 0.4) is 0 Å². The summed E-state index contributed by atoms with van der Waals surface area (Å²) in [5.41, 5.74) is 0. The Labute approximate surface area is 231 Å². The van der Waals surface area contributed by atoms with Gasteiger partial charge in [-0.25, -0.2) is 0 Å². The van der Waals surface area contributed by atoms with Gasteiger partial charge in [0.2, 0.25) is 0 Å². The van der Waals surface area contributed by atoms with Crippen LogP contribution in [0.2, 0.25) is 0 Å². The highest BCUT2D eigenvalue weighted by molar-refractivity contribution is 4.88. The van der Waals surface area contributed by atoms with E-state index in [0.717, 1.165) is 29.6 Å². The summed E-state index contributed by atoms with van der Waals surface area (Å²) in [5.74, 6) is 4.95. The smallest absolute Gasteiger partial charge is 0.127 e. The number of rotatable bonds is 2. The summed E-state index contributed by atoms with van der Waals surface area (Å²) in [6.45, 7) is 12.0. The Balaban J connectivity index is 0.000000206. The second-order valence-electron chi connectivity index (χ2n) is 14.2. The van der Waals surface area contributed by atoms with Gasteiger partial charge in [0.05, 0.1) is 0 Å². The Morgan fingerprint density at radius 3 is 1.30 bits per heavy atom. The first-order valence-corrected chi connectivity index (χ1v) is 15.5. The van der Waals surface area contributed by atoms with E-state index in [0.29, 0.717) is 0 Å². The van der Waals surface area contributed by atoms with Gasteiger partial charge >= 0.3 is 0 Å². The van der Waals surface area contributed by atoms with Gasteiger partial charge in [0.15, 0.2) is 0 Å². The minimum atomic E-state index is 0.0417. The number of hydrogen-bond acceptors (Lipinski definition) is 6. The van der Waals surface area contributed by atoms with E-state index >= 15 is 0 Å². The summed E-state index contributed by atoms with van der Waals surface area (Å²) < 4.78 is 0. The van der Waals surface area contributed by atoms with E-state index in [4.69, 9.17) is 0 Å². The summed E-state index contributed by atoms with van der Waals surface area (Å²) in [6.07, 6.45) is 12.9. The highest BCUT2D eigenvalue weighted by Crippen LogP contribution is 2.41. The predicted molar refractivity (Wildman–Crippen MR) is 159 cm³/mol. The van der Waals surface area contributed by atoms with Gasteiger partial charge in [-0.1, -0.05) is 19.8 Å². The Morgan fingerprint density at radius 2 is 0.892 bits per heavy atom. The van der Waals surface area contributed by atoms with Gasteiger partial charge in [-0.05, 0) is 145 Å². The molecule has 0 aromatic carbocycles. The number of nitrogens with zero attached hydrogens (tertiary/aromatic N) is 6. The third-order valence-electron chi connectivity index (χ3n) is 11.8.